The number of ether oxygens (including phenoxy) is 2. The summed E-state index contributed by atoms with van der Waals surface area (Å²) in [6.07, 6.45) is -5.09. The first-order valence-electron chi connectivity index (χ1n) is 9.23. The van der Waals surface area contributed by atoms with Crippen molar-refractivity contribution in [1.29, 1.82) is 0 Å². The summed E-state index contributed by atoms with van der Waals surface area (Å²) < 4.78 is 77.0. The molecule has 2 heterocycles. The fourth-order valence-corrected chi connectivity index (χ4v) is 5.32. The molecule has 3 rings (SSSR count). The zero-order valence-corrected chi connectivity index (χ0v) is 17.2. The average molecular weight is 452 g/mol. The molecule has 1 aromatic rings. The van der Waals surface area contributed by atoms with Gasteiger partial charge in [-0.05, 0) is 43.5 Å². The minimum absolute atomic E-state index is 0.0319. The highest BCUT2D eigenvalue weighted by Crippen LogP contribution is 2.33. The van der Waals surface area contributed by atoms with Gasteiger partial charge in [-0.3, -0.25) is 10.0 Å². The highest BCUT2D eigenvalue weighted by atomic mass is 32.2. The standard InChI is InChI=1S/C18H23F3N2O6S/c1-17(2)28-9-16(29-17)15(23(25)11-24)10-30(26,27)22-6-5-12-3-4-14(18(19,20)21)7-13(12)8-22/h3-4,7,11,15-16,25H,5-6,8-10H2,1-2H3/t15?,16-/m0/s1. The number of hydroxylamine groups is 2. The Kier molecular flexibility index (Phi) is 6.18. The number of nitrogens with zero attached hydrogens (tertiary/aromatic N) is 2. The van der Waals surface area contributed by atoms with Crippen molar-refractivity contribution in [3.05, 3.63) is 34.9 Å². The molecule has 0 aliphatic carbocycles. The van der Waals surface area contributed by atoms with Gasteiger partial charge in [-0.1, -0.05) is 6.07 Å². The molecule has 12 heteroatoms. The van der Waals surface area contributed by atoms with Gasteiger partial charge in [-0.15, -0.1) is 0 Å². The zero-order valence-electron chi connectivity index (χ0n) is 16.4. The van der Waals surface area contributed by atoms with Gasteiger partial charge in [0.2, 0.25) is 16.4 Å². The third kappa shape index (κ3) is 4.94. The van der Waals surface area contributed by atoms with Crippen molar-refractivity contribution in [2.45, 2.75) is 50.9 Å². The second-order valence-corrected chi connectivity index (χ2v) is 9.78. The summed E-state index contributed by atoms with van der Waals surface area (Å²) in [5.74, 6) is -1.67. The summed E-state index contributed by atoms with van der Waals surface area (Å²) in [6.45, 7) is 3.04. The van der Waals surface area contributed by atoms with Crippen LogP contribution in [0, 0.1) is 0 Å². The first kappa shape index (κ1) is 22.9. The molecule has 0 radical (unpaired) electrons. The first-order chi connectivity index (χ1) is 13.8. The molecule has 1 saturated heterocycles. The Bertz CT molecular complexity index is 906. The van der Waals surface area contributed by atoms with Crippen LogP contribution in [0.5, 0.6) is 0 Å². The molecule has 1 aromatic carbocycles. The van der Waals surface area contributed by atoms with Crippen molar-refractivity contribution in [3.63, 3.8) is 0 Å². The van der Waals surface area contributed by atoms with Gasteiger partial charge in [-0.25, -0.2) is 13.5 Å². The molecule has 0 saturated carbocycles. The van der Waals surface area contributed by atoms with Gasteiger partial charge in [0.05, 0.1) is 17.9 Å². The molecule has 30 heavy (non-hydrogen) atoms. The Balaban J connectivity index is 1.80. The average Bonchev–Trinajstić information content (AvgIpc) is 3.03. The predicted octanol–water partition coefficient (Wildman–Crippen LogP) is 1.76. The molecule has 168 valence electrons. The van der Waals surface area contributed by atoms with Crippen LogP contribution in [0.15, 0.2) is 18.2 Å². The Labute approximate surface area is 172 Å². The van der Waals surface area contributed by atoms with Crippen LogP contribution < -0.4 is 0 Å². The van der Waals surface area contributed by atoms with Crippen molar-refractivity contribution >= 4 is 16.4 Å². The van der Waals surface area contributed by atoms with E-state index in [4.69, 9.17) is 9.47 Å². The van der Waals surface area contributed by atoms with Crippen LogP contribution in [0.25, 0.3) is 0 Å². The third-order valence-corrected chi connectivity index (χ3v) is 7.05. The van der Waals surface area contributed by atoms with Crippen molar-refractivity contribution in [3.8, 4) is 0 Å². The van der Waals surface area contributed by atoms with E-state index in [1.54, 1.807) is 13.8 Å². The lowest BCUT2D eigenvalue weighted by Gasteiger charge is -2.32. The first-order valence-corrected chi connectivity index (χ1v) is 10.8. The van der Waals surface area contributed by atoms with Crippen LogP contribution in [0.2, 0.25) is 0 Å². The molecule has 1 amide bonds. The number of hydrogen-bond donors (Lipinski definition) is 1. The summed E-state index contributed by atoms with van der Waals surface area (Å²) in [6, 6.07) is 2.05. The zero-order chi connectivity index (χ0) is 22.3. The summed E-state index contributed by atoms with van der Waals surface area (Å²) in [5, 5.41) is 10.1. The highest BCUT2D eigenvalue weighted by Gasteiger charge is 2.43. The van der Waals surface area contributed by atoms with E-state index in [9.17, 15) is 31.6 Å². The van der Waals surface area contributed by atoms with Gasteiger partial charge in [0.25, 0.3) is 0 Å². The van der Waals surface area contributed by atoms with Crippen LogP contribution in [0.4, 0.5) is 13.2 Å². The largest absolute Gasteiger partial charge is 0.416 e. The molecule has 2 aliphatic rings. The van der Waals surface area contributed by atoms with E-state index in [-0.39, 0.29) is 43.2 Å². The van der Waals surface area contributed by atoms with Crippen molar-refractivity contribution in [1.82, 2.24) is 9.37 Å². The molecule has 2 aliphatic heterocycles. The maximum Gasteiger partial charge on any atom is 0.416 e. The number of rotatable bonds is 6. The topological polar surface area (TPSA) is 96.4 Å². The quantitative estimate of drug-likeness (QED) is 0.402. The van der Waals surface area contributed by atoms with Gasteiger partial charge in [0.1, 0.15) is 12.1 Å². The fraction of sp³-hybridized carbons (Fsp3) is 0.611. The van der Waals surface area contributed by atoms with E-state index in [1.807, 2.05) is 0 Å². The lowest BCUT2D eigenvalue weighted by atomic mass is 9.98. The monoisotopic (exact) mass is 452 g/mol. The molecule has 1 fully saturated rings. The van der Waals surface area contributed by atoms with Crippen molar-refractivity contribution in [2.75, 3.05) is 18.9 Å². The van der Waals surface area contributed by atoms with E-state index in [0.717, 1.165) is 16.4 Å². The maximum atomic E-state index is 13.0. The van der Waals surface area contributed by atoms with Crippen molar-refractivity contribution < 1.29 is 41.1 Å². The lowest BCUT2D eigenvalue weighted by molar-refractivity contribution is -0.182. The Morgan fingerprint density at radius 2 is 2.07 bits per heavy atom. The van der Waals surface area contributed by atoms with E-state index < -0.39 is 45.4 Å². The number of benzene rings is 1. The molecular weight excluding hydrogens is 429 g/mol. The van der Waals surface area contributed by atoms with E-state index in [1.165, 1.54) is 6.07 Å². The van der Waals surface area contributed by atoms with Gasteiger partial charge >= 0.3 is 6.18 Å². The summed E-state index contributed by atoms with van der Waals surface area (Å²) in [5.41, 5.74) is 0.0746. The number of carbonyl (C=O) groups excluding carboxylic acids is 1. The number of fused-ring (bicyclic) bond motifs is 1. The number of alkyl halides is 3. The van der Waals surface area contributed by atoms with Gasteiger partial charge in [-0.2, -0.15) is 17.5 Å². The normalized spacial score (nSPS) is 23.1. The molecule has 0 spiro atoms. The Morgan fingerprint density at radius 3 is 2.63 bits per heavy atom. The Morgan fingerprint density at radius 1 is 1.37 bits per heavy atom. The van der Waals surface area contributed by atoms with Crippen LogP contribution in [-0.2, 0) is 43.4 Å². The minimum Gasteiger partial charge on any atom is -0.348 e. The number of carbonyl (C=O) groups is 1. The van der Waals surface area contributed by atoms with Crippen molar-refractivity contribution in [2.24, 2.45) is 0 Å². The second kappa shape index (κ2) is 8.08. The van der Waals surface area contributed by atoms with E-state index in [0.29, 0.717) is 5.56 Å². The molecule has 1 N–H and O–H groups in total. The van der Waals surface area contributed by atoms with Gasteiger partial charge in [0, 0.05) is 13.1 Å². The molecular formula is C18H23F3N2O6S. The highest BCUT2D eigenvalue weighted by molar-refractivity contribution is 7.89. The van der Waals surface area contributed by atoms with Crippen LogP contribution >= 0.6 is 0 Å². The minimum atomic E-state index is -4.53. The Hall–Kier alpha value is -1.73. The van der Waals surface area contributed by atoms with E-state index in [2.05, 4.69) is 0 Å². The van der Waals surface area contributed by atoms with Gasteiger partial charge in [0.15, 0.2) is 5.79 Å². The van der Waals surface area contributed by atoms with Crippen LogP contribution in [0.3, 0.4) is 0 Å². The molecule has 2 atom stereocenters. The number of hydrogen-bond acceptors (Lipinski definition) is 6. The molecule has 1 unspecified atom stereocenters. The molecule has 8 nitrogen and oxygen atoms in total. The van der Waals surface area contributed by atoms with Crippen LogP contribution in [0.1, 0.15) is 30.5 Å². The second-order valence-electron chi connectivity index (χ2n) is 7.76. The lowest BCUT2D eigenvalue weighted by Crippen LogP contribution is -2.50. The van der Waals surface area contributed by atoms with Gasteiger partial charge < -0.3 is 9.47 Å². The SMILES string of the molecule is CC1(C)OC[C@@H](C(CS(=O)(=O)N2CCc3ccc(C(F)(F)F)cc3C2)N(O)C=O)O1. The summed E-state index contributed by atoms with van der Waals surface area (Å²) in [7, 11) is -4.05. The number of halogens is 3. The molecule has 0 bridgehead atoms. The summed E-state index contributed by atoms with van der Waals surface area (Å²) >= 11 is 0. The third-order valence-electron chi connectivity index (χ3n) is 5.19. The number of amides is 1. The predicted molar refractivity (Wildman–Crippen MR) is 97.7 cm³/mol. The summed E-state index contributed by atoms with van der Waals surface area (Å²) in [4.78, 5) is 11.1. The smallest absolute Gasteiger partial charge is 0.348 e. The van der Waals surface area contributed by atoms with Crippen LogP contribution in [-0.4, -0.2) is 66.2 Å². The maximum absolute atomic E-state index is 13.0. The number of sulfonamides is 1. The van der Waals surface area contributed by atoms with E-state index >= 15 is 0 Å². The fourth-order valence-electron chi connectivity index (χ4n) is 3.60. The molecule has 0 aromatic heterocycles.